The third-order valence-corrected chi connectivity index (χ3v) is 4.12. The van der Waals surface area contributed by atoms with E-state index in [-0.39, 0.29) is 11.8 Å². The molecule has 118 valence electrons. The number of allylic oxidation sites excluding steroid dienone is 1. The Morgan fingerprint density at radius 2 is 1.91 bits per heavy atom. The Morgan fingerprint density at radius 1 is 1.23 bits per heavy atom. The van der Waals surface area contributed by atoms with E-state index in [4.69, 9.17) is 0 Å². The summed E-state index contributed by atoms with van der Waals surface area (Å²) in [6.07, 6.45) is 4.98. The van der Waals surface area contributed by atoms with Crippen LogP contribution in [0.4, 0.5) is 0 Å². The molecule has 1 fully saturated rings. The molecule has 2 rings (SSSR count). The summed E-state index contributed by atoms with van der Waals surface area (Å²) in [5.74, 6) is 0.646. The minimum atomic E-state index is -0.0231. The molecule has 1 aromatic carbocycles. The molecule has 0 saturated carbocycles. The first-order valence-electron chi connectivity index (χ1n) is 7.92. The van der Waals surface area contributed by atoms with E-state index in [1.54, 1.807) is 6.08 Å². The average molecular weight is 300 g/mol. The van der Waals surface area contributed by atoms with Gasteiger partial charge in [0.05, 0.1) is 0 Å². The number of piperidine rings is 1. The third-order valence-electron chi connectivity index (χ3n) is 4.12. The monoisotopic (exact) mass is 300 g/mol. The number of carbonyl (C=O) groups excluding carboxylic acids is 2. The summed E-state index contributed by atoms with van der Waals surface area (Å²) in [6.45, 7) is 5.91. The smallest absolute Gasteiger partial charge is 0.251 e. The van der Waals surface area contributed by atoms with Gasteiger partial charge in [0.15, 0.2) is 0 Å². The van der Waals surface area contributed by atoms with Gasteiger partial charge >= 0.3 is 0 Å². The van der Waals surface area contributed by atoms with Gasteiger partial charge in [-0.15, -0.1) is 6.58 Å². The summed E-state index contributed by atoms with van der Waals surface area (Å²) in [5, 5.41) is 2.99. The van der Waals surface area contributed by atoms with E-state index in [9.17, 15) is 9.59 Å². The second kappa shape index (κ2) is 8.37. The van der Waals surface area contributed by atoms with Gasteiger partial charge in [-0.05, 0) is 37.3 Å². The zero-order valence-electron chi connectivity index (χ0n) is 13.0. The molecule has 0 aliphatic carbocycles. The second-order valence-electron chi connectivity index (χ2n) is 5.73. The zero-order valence-corrected chi connectivity index (χ0v) is 13.0. The number of hydrogen-bond donors (Lipinski definition) is 1. The van der Waals surface area contributed by atoms with Gasteiger partial charge in [0.2, 0.25) is 5.91 Å². The Balaban J connectivity index is 1.70. The maximum atomic E-state index is 12.0. The van der Waals surface area contributed by atoms with Gasteiger partial charge in [-0.3, -0.25) is 9.59 Å². The molecule has 2 amide bonds. The topological polar surface area (TPSA) is 49.4 Å². The quantitative estimate of drug-likeness (QED) is 0.821. The van der Waals surface area contributed by atoms with Gasteiger partial charge in [0, 0.05) is 31.6 Å². The molecule has 1 heterocycles. The van der Waals surface area contributed by atoms with E-state index < -0.39 is 0 Å². The fourth-order valence-electron chi connectivity index (χ4n) is 2.70. The number of hydrogen-bond acceptors (Lipinski definition) is 2. The largest absolute Gasteiger partial charge is 0.352 e. The van der Waals surface area contributed by atoms with Gasteiger partial charge in [0.1, 0.15) is 0 Å². The summed E-state index contributed by atoms with van der Waals surface area (Å²) in [4.78, 5) is 25.8. The summed E-state index contributed by atoms with van der Waals surface area (Å²) in [7, 11) is 0. The molecule has 0 aromatic heterocycles. The lowest BCUT2D eigenvalue weighted by molar-refractivity contribution is -0.132. The normalized spacial score (nSPS) is 15.4. The highest BCUT2D eigenvalue weighted by molar-refractivity contribution is 5.94. The molecule has 0 bridgehead atoms. The minimum absolute atomic E-state index is 0.0231. The van der Waals surface area contributed by atoms with Crippen molar-refractivity contribution in [1.82, 2.24) is 10.2 Å². The van der Waals surface area contributed by atoms with Gasteiger partial charge in [-0.25, -0.2) is 0 Å². The van der Waals surface area contributed by atoms with Crippen LogP contribution in [0.25, 0.3) is 0 Å². The standard InChI is InChI=1S/C18H24N2O2/c1-2-3-9-17(21)20-12-10-15(11-13-20)14-19-18(22)16-7-5-4-6-8-16/h2,4-8,15H,1,3,9-14H2,(H,19,22). The fourth-order valence-corrected chi connectivity index (χ4v) is 2.70. The summed E-state index contributed by atoms with van der Waals surface area (Å²) in [6, 6.07) is 9.26. The van der Waals surface area contributed by atoms with Crippen molar-refractivity contribution < 1.29 is 9.59 Å². The van der Waals surface area contributed by atoms with E-state index in [0.717, 1.165) is 32.4 Å². The number of amides is 2. The number of nitrogens with zero attached hydrogens (tertiary/aromatic N) is 1. The van der Waals surface area contributed by atoms with E-state index in [1.165, 1.54) is 0 Å². The molecule has 0 spiro atoms. The lowest BCUT2D eigenvalue weighted by Gasteiger charge is -2.32. The van der Waals surface area contributed by atoms with Crippen LogP contribution < -0.4 is 5.32 Å². The van der Waals surface area contributed by atoms with Crippen molar-refractivity contribution in [2.45, 2.75) is 25.7 Å². The molecule has 0 unspecified atom stereocenters. The molecule has 0 radical (unpaired) electrons. The number of carbonyl (C=O) groups is 2. The number of rotatable bonds is 6. The van der Waals surface area contributed by atoms with Crippen LogP contribution in [0.3, 0.4) is 0 Å². The maximum Gasteiger partial charge on any atom is 0.251 e. The molecule has 1 aromatic rings. The SMILES string of the molecule is C=CCCC(=O)N1CCC(CNC(=O)c2ccccc2)CC1. The van der Waals surface area contributed by atoms with Gasteiger partial charge in [-0.1, -0.05) is 24.3 Å². The predicted octanol–water partition coefficient (Wildman–Crippen LogP) is 2.62. The van der Waals surface area contributed by atoms with Crippen LogP contribution in [0, 0.1) is 5.92 Å². The van der Waals surface area contributed by atoms with E-state index >= 15 is 0 Å². The summed E-state index contributed by atoms with van der Waals surface area (Å²) < 4.78 is 0. The van der Waals surface area contributed by atoms with Crippen molar-refractivity contribution in [1.29, 1.82) is 0 Å². The Labute approximate surface area is 132 Å². The van der Waals surface area contributed by atoms with Crippen molar-refractivity contribution in [3.63, 3.8) is 0 Å². The van der Waals surface area contributed by atoms with Crippen molar-refractivity contribution >= 4 is 11.8 Å². The molecule has 22 heavy (non-hydrogen) atoms. The Bertz CT molecular complexity index is 505. The third kappa shape index (κ3) is 4.72. The van der Waals surface area contributed by atoms with Gasteiger partial charge < -0.3 is 10.2 Å². The Morgan fingerprint density at radius 3 is 2.55 bits per heavy atom. The van der Waals surface area contributed by atoms with Crippen molar-refractivity contribution in [3.05, 3.63) is 48.6 Å². The van der Waals surface area contributed by atoms with E-state index in [0.29, 0.717) is 24.4 Å². The van der Waals surface area contributed by atoms with Crippen molar-refractivity contribution in [2.75, 3.05) is 19.6 Å². The molecular weight excluding hydrogens is 276 g/mol. The van der Waals surface area contributed by atoms with Crippen LogP contribution >= 0.6 is 0 Å². The second-order valence-corrected chi connectivity index (χ2v) is 5.73. The highest BCUT2D eigenvalue weighted by Gasteiger charge is 2.22. The predicted molar refractivity (Wildman–Crippen MR) is 87.5 cm³/mol. The minimum Gasteiger partial charge on any atom is -0.352 e. The first-order chi connectivity index (χ1) is 10.7. The molecule has 4 nitrogen and oxygen atoms in total. The molecule has 1 aliphatic heterocycles. The Hall–Kier alpha value is -2.10. The van der Waals surface area contributed by atoms with E-state index in [2.05, 4.69) is 11.9 Å². The highest BCUT2D eigenvalue weighted by Crippen LogP contribution is 2.17. The van der Waals surface area contributed by atoms with Crippen molar-refractivity contribution in [2.24, 2.45) is 5.92 Å². The van der Waals surface area contributed by atoms with Crippen LogP contribution in [0.5, 0.6) is 0 Å². The van der Waals surface area contributed by atoms with Crippen LogP contribution in [0.2, 0.25) is 0 Å². The van der Waals surface area contributed by atoms with Crippen LogP contribution in [0.15, 0.2) is 43.0 Å². The van der Waals surface area contributed by atoms with Gasteiger partial charge in [-0.2, -0.15) is 0 Å². The van der Waals surface area contributed by atoms with E-state index in [1.807, 2.05) is 35.2 Å². The number of nitrogens with one attached hydrogen (secondary N) is 1. The summed E-state index contributed by atoms with van der Waals surface area (Å²) >= 11 is 0. The average Bonchev–Trinajstić information content (AvgIpc) is 2.58. The lowest BCUT2D eigenvalue weighted by atomic mass is 9.96. The van der Waals surface area contributed by atoms with Crippen LogP contribution in [-0.2, 0) is 4.79 Å². The zero-order chi connectivity index (χ0) is 15.8. The van der Waals surface area contributed by atoms with Crippen LogP contribution in [-0.4, -0.2) is 36.3 Å². The first kappa shape index (κ1) is 16.3. The number of benzene rings is 1. The van der Waals surface area contributed by atoms with Gasteiger partial charge in [0.25, 0.3) is 5.91 Å². The first-order valence-corrected chi connectivity index (χ1v) is 7.92. The molecule has 4 heteroatoms. The molecule has 0 atom stereocenters. The molecular formula is C18H24N2O2. The number of likely N-dealkylation sites (tertiary alicyclic amines) is 1. The highest BCUT2D eigenvalue weighted by atomic mass is 16.2. The molecule has 1 aliphatic rings. The Kier molecular flexibility index (Phi) is 6.19. The molecule has 1 N–H and O–H groups in total. The maximum absolute atomic E-state index is 12.0. The van der Waals surface area contributed by atoms with Crippen LogP contribution in [0.1, 0.15) is 36.0 Å². The molecule has 1 saturated heterocycles. The lowest BCUT2D eigenvalue weighted by Crippen LogP contribution is -2.41. The van der Waals surface area contributed by atoms with Crippen molar-refractivity contribution in [3.8, 4) is 0 Å². The fraction of sp³-hybridized carbons (Fsp3) is 0.444. The summed E-state index contributed by atoms with van der Waals surface area (Å²) in [5.41, 5.74) is 0.694.